The normalized spacial score (nSPS) is 22.1. The van der Waals surface area contributed by atoms with Crippen molar-refractivity contribution in [2.45, 2.75) is 31.3 Å². The zero-order valence-corrected chi connectivity index (χ0v) is 12.5. The van der Waals surface area contributed by atoms with Crippen LogP contribution < -0.4 is 5.73 Å². The van der Waals surface area contributed by atoms with Gasteiger partial charge in [-0.3, -0.25) is 9.59 Å². The maximum Gasteiger partial charge on any atom is 0.251 e. The molecule has 3 N–H and O–H groups in total. The molecule has 0 saturated carbocycles. The lowest BCUT2D eigenvalue weighted by molar-refractivity contribution is -0.148. The highest BCUT2D eigenvalue weighted by Crippen LogP contribution is 2.21. The fraction of sp³-hybridized carbons (Fsp3) is 0.467. The van der Waals surface area contributed by atoms with Crippen LogP contribution in [-0.4, -0.2) is 40.5 Å². The van der Waals surface area contributed by atoms with Gasteiger partial charge in [-0.2, -0.15) is 0 Å². The van der Waals surface area contributed by atoms with E-state index in [0.717, 1.165) is 5.56 Å². The van der Waals surface area contributed by atoms with Crippen LogP contribution in [-0.2, 0) is 16.0 Å². The van der Waals surface area contributed by atoms with Crippen LogP contribution in [0.3, 0.4) is 0 Å². The van der Waals surface area contributed by atoms with Crippen LogP contribution in [0.1, 0.15) is 24.8 Å². The second-order valence-electron chi connectivity index (χ2n) is 5.44. The molecule has 0 bridgehead atoms. The Kier molecular flexibility index (Phi) is 4.85. The van der Waals surface area contributed by atoms with Crippen molar-refractivity contribution in [1.29, 1.82) is 0 Å². The van der Waals surface area contributed by atoms with Crippen molar-refractivity contribution in [2.24, 2.45) is 5.73 Å². The number of nitrogens with zero attached hydrogens (tertiary/aromatic N) is 1. The molecule has 0 radical (unpaired) electrons. The molecule has 0 spiro atoms. The molecule has 1 aliphatic rings. The molecule has 5 nitrogen and oxygen atoms in total. The summed E-state index contributed by atoms with van der Waals surface area (Å²) in [5.41, 5.74) is 4.64. The van der Waals surface area contributed by atoms with E-state index >= 15 is 0 Å². The van der Waals surface area contributed by atoms with Gasteiger partial charge >= 0.3 is 0 Å². The lowest BCUT2D eigenvalue weighted by Gasteiger charge is -2.37. The molecule has 1 unspecified atom stereocenters. The largest absolute Gasteiger partial charge is 0.378 e. The fourth-order valence-electron chi connectivity index (χ4n) is 2.51. The second-order valence-corrected chi connectivity index (χ2v) is 5.88. The Morgan fingerprint density at radius 1 is 1.33 bits per heavy atom. The van der Waals surface area contributed by atoms with Crippen LogP contribution in [0, 0.1) is 0 Å². The summed E-state index contributed by atoms with van der Waals surface area (Å²) in [5.74, 6) is -0.845. The van der Waals surface area contributed by atoms with Crippen LogP contribution in [0.15, 0.2) is 24.3 Å². The van der Waals surface area contributed by atoms with E-state index in [1.807, 2.05) is 12.1 Å². The second kappa shape index (κ2) is 6.45. The number of likely N-dealkylation sites (tertiary alicyclic amines) is 1. The average Bonchev–Trinajstić information content (AvgIpc) is 2.46. The standard InChI is InChI=1S/C15H19ClN2O3/c16-12-5-2-11(3-6-12)4-7-13(19)18-9-1-8-15(21,10-18)14(17)20/h2-3,5-6,21H,1,4,7-10H2,(H2,17,20). The molecule has 21 heavy (non-hydrogen) atoms. The number of hydrogen-bond donors (Lipinski definition) is 2. The van der Waals surface area contributed by atoms with Gasteiger partial charge in [-0.25, -0.2) is 0 Å². The molecule has 0 aliphatic carbocycles. The number of β-amino-alcohol motifs (C(OH)–C–C–N with tert-alkyl or cyclic N) is 1. The summed E-state index contributed by atoms with van der Waals surface area (Å²) >= 11 is 5.81. The fourth-order valence-corrected chi connectivity index (χ4v) is 2.64. The molecule has 0 aromatic heterocycles. The van der Waals surface area contributed by atoms with Crippen molar-refractivity contribution < 1.29 is 14.7 Å². The molecule has 2 amide bonds. The third-order valence-electron chi connectivity index (χ3n) is 3.82. The van der Waals surface area contributed by atoms with Crippen molar-refractivity contribution in [1.82, 2.24) is 4.90 Å². The Hall–Kier alpha value is -1.59. The van der Waals surface area contributed by atoms with Crippen molar-refractivity contribution in [3.8, 4) is 0 Å². The molecule has 1 aromatic rings. The molecule has 1 aromatic carbocycles. The van der Waals surface area contributed by atoms with Crippen molar-refractivity contribution >= 4 is 23.4 Å². The topological polar surface area (TPSA) is 83.6 Å². The molecular formula is C15H19ClN2O3. The van der Waals surface area contributed by atoms with Gasteiger partial charge in [0.2, 0.25) is 5.91 Å². The lowest BCUT2D eigenvalue weighted by atomic mass is 9.92. The molecule has 114 valence electrons. The number of benzene rings is 1. The summed E-state index contributed by atoms with van der Waals surface area (Å²) < 4.78 is 0. The molecule has 1 saturated heterocycles. The minimum Gasteiger partial charge on any atom is -0.378 e. The molecule has 1 atom stereocenters. The van der Waals surface area contributed by atoms with E-state index in [0.29, 0.717) is 37.3 Å². The summed E-state index contributed by atoms with van der Waals surface area (Å²) in [7, 11) is 0. The van der Waals surface area contributed by atoms with Gasteiger partial charge in [-0.1, -0.05) is 23.7 Å². The van der Waals surface area contributed by atoms with Gasteiger partial charge in [0.15, 0.2) is 5.60 Å². The monoisotopic (exact) mass is 310 g/mol. The molecule has 1 heterocycles. The number of nitrogens with two attached hydrogens (primary N) is 1. The summed E-state index contributed by atoms with van der Waals surface area (Å²) in [6.45, 7) is 0.539. The number of aliphatic hydroxyl groups is 1. The van der Waals surface area contributed by atoms with Gasteiger partial charge in [0.1, 0.15) is 0 Å². The SMILES string of the molecule is NC(=O)C1(O)CCCN(C(=O)CCc2ccc(Cl)cc2)C1. The van der Waals surface area contributed by atoms with Crippen molar-refractivity contribution in [3.05, 3.63) is 34.9 Å². The van der Waals surface area contributed by atoms with E-state index in [4.69, 9.17) is 17.3 Å². The highest BCUT2D eigenvalue weighted by Gasteiger charge is 2.39. The summed E-state index contributed by atoms with van der Waals surface area (Å²) in [6.07, 6.45) is 1.81. The highest BCUT2D eigenvalue weighted by molar-refractivity contribution is 6.30. The van der Waals surface area contributed by atoms with E-state index in [1.165, 1.54) is 4.90 Å². The van der Waals surface area contributed by atoms with E-state index in [1.54, 1.807) is 12.1 Å². The molecular weight excluding hydrogens is 292 g/mol. The Bertz CT molecular complexity index is 532. The first-order chi connectivity index (χ1) is 9.90. The first-order valence-corrected chi connectivity index (χ1v) is 7.33. The lowest BCUT2D eigenvalue weighted by Crippen LogP contribution is -2.57. The van der Waals surface area contributed by atoms with E-state index in [2.05, 4.69) is 0 Å². The number of aryl methyl sites for hydroxylation is 1. The first-order valence-electron chi connectivity index (χ1n) is 6.95. The Balaban J connectivity index is 1.91. The highest BCUT2D eigenvalue weighted by atomic mass is 35.5. The molecule has 1 aliphatic heterocycles. The number of halogens is 1. The van der Waals surface area contributed by atoms with Crippen LogP contribution in [0.5, 0.6) is 0 Å². The summed E-state index contributed by atoms with van der Waals surface area (Å²) in [6, 6.07) is 7.33. The van der Waals surface area contributed by atoms with Crippen LogP contribution in [0.2, 0.25) is 5.02 Å². The van der Waals surface area contributed by atoms with Gasteiger partial charge in [0.25, 0.3) is 5.91 Å². The zero-order valence-electron chi connectivity index (χ0n) is 11.7. The van der Waals surface area contributed by atoms with E-state index in [9.17, 15) is 14.7 Å². The Labute approximate surface area is 128 Å². The van der Waals surface area contributed by atoms with Gasteiger partial charge in [0, 0.05) is 18.0 Å². The Morgan fingerprint density at radius 2 is 2.00 bits per heavy atom. The minimum absolute atomic E-state index is 0.0121. The van der Waals surface area contributed by atoms with Crippen LogP contribution in [0.25, 0.3) is 0 Å². The van der Waals surface area contributed by atoms with Crippen LogP contribution in [0.4, 0.5) is 0 Å². The summed E-state index contributed by atoms with van der Waals surface area (Å²) in [4.78, 5) is 25.0. The average molecular weight is 311 g/mol. The third kappa shape index (κ3) is 3.95. The molecule has 1 fully saturated rings. The number of primary amides is 1. The predicted octanol–water partition coefficient (Wildman–Crippen LogP) is 1.11. The quantitative estimate of drug-likeness (QED) is 0.874. The number of carbonyl (C=O) groups excluding carboxylic acids is 2. The number of piperidine rings is 1. The third-order valence-corrected chi connectivity index (χ3v) is 4.07. The number of hydrogen-bond acceptors (Lipinski definition) is 3. The number of amides is 2. The van der Waals surface area contributed by atoms with Crippen molar-refractivity contribution in [3.63, 3.8) is 0 Å². The van der Waals surface area contributed by atoms with E-state index < -0.39 is 11.5 Å². The number of rotatable bonds is 4. The van der Waals surface area contributed by atoms with Crippen LogP contribution >= 0.6 is 11.6 Å². The van der Waals surface area contributed by atoms with Gasteiger partial charge in [-0.05, 0) is 37.0 Å². The maximum atomic E-state index is 12.2. The first kappa shape index (κ1) is 15.8. The van der Waals surface area contributed by atoms with Gasteiger partial charge in [-0.15, -0.1) is 0 Å². The molecule has 2 rings (SSSR count). The Morgan fingerprint density at radius 3 is 2.62 bits per heavy atom. The predicted molar refractivity (Wildman–Crippen MR) is 79.7 cm³/mol. The van der Waals surface area contributed by atoms with Crippen molar-refractivity contribution in [2.75, 3.05) is 13.1 Å². The maximum absolute atomic E-state index is 12.2. The number of carbonyl (C=O) groups is 2. The smallest absolute Gasteiger partial charge is 0.251 e. The van der Waals surface area contributed by atoms with E-state index in [-0.39, 0.29) is 12.5 Å². The zero-order chi connectivity index (χ0) is 15.5. The van der Waals surface area contributed by atoms with Gasteiger partial charge in [0.05, 0.1) is 6.54 Å². The minimum atomic E-state index is -1.59. The molecule has 6 heteroatoms. The summed E-state index contributed by atoms with van der Waals surface area (Å²) in [5, 5.41) is 10.8. The van der Waals surface area contributed by atoms with Gasteiger partial charge < -0.3 is 15.7 Å².